The van der Waals surface area contributed by atoms with Crippen molar-refractivity contribution >= 4 is 5.91 Å². The van der Waals surface area contributed by atoms with Crippen LogP contribution >= 0.6 is 0 Å². The lowest BCUT2D eigenvalue weighted by Gasteiger charge is -2.25. The second kappa shape index (κ2) is 6.19. The van der Waals surface area contributed by atoms with E-state index in [4.69, 9.17) is 0 Å². The fraction of sp³-hybridized carbons (Fsp3) is 0.800. The number of aromatic amines is 1. The van der Waals surface area contributed by atoms with Crippen LogP contribution in [0.5, 0.6) is 0 Å². The Morgan fingerprint density at radius 3 is 2.69 bits per heavy atom. The van der Waals surface area contributed by atoms with Crippen LogP contribution in [0.3, 0.4) is 0 Å². The Morgan fingerprint density at radius 1 is 1.44 bits per heavy atom. The van der Waals surface area contributed by atoms with Crippen LogP contribution in [0, 0.1) is 0 Å². The van der Waals surface area contributed by atoms with E-state index in [1.54, 1.807) is 4.90 Å². The lowest BCUT2D eigenvalue weighted by Crippen LogP contribution is -2.38. The van der Waals surface area contributed by atoms with Crippen molar-refractivity contribution in [3.05, 3.63) is 5.82 Å². The first-order valence-electron chi connectivity index (χ1n) is 5.71. The molecule has 0 spiro atoms. The molecule has 1 aromatic heterocycles. The lowest BCUT2D eigenvalue weighted by atomic mass is 10.2. The smallest absolute Gasteiger partial charge is 0.295 e. The van der Waals surface area contributed by atoms with Crippen LogP contribution < -0.4 is 0 Å². The topological polar surface area (TPSA) is 74.8 Å². The van der Waals surface area contributed by atoms with Gasteiger partial charge in [-0.2, -0.15) is 5.21 Å². The minimum absolute atomic E-state index is 0.144. The summed E-state index contributed by atoms with van der Waals surface area (Å²) in [5.74, 6) is -0.00921. The van der Waals surface area contributed by atoms with E-state index in [2.05, 4.69) is 27.5 Å². The van der Waals surface area contributed by atoms with Gasteiger partial charge in [0.1, 0.15) is 0 Å². The summed E-state index contributed by atoms with van der Waals surface area (Å²) < 4.78 is 0. The van der Waals surface area contributed by atoms with Gasteiger partial charge in [-0.05, 0) is 25.5 Å². The Morgan fingerprint density at radius 2 is 2.19 bits per heavy atom. The van der Waals surface area contributed by atoms with Crippen molar-refractivity contribution in [1.82, 2.24) is 25.5 Å². The Hall–Kier alpha value is -1.46. The number of hydrogen-bond donors (Lipinski definition) is 1. The lowest BCUT2D eigenvalue weighted by molar-refractivity contribution is 0.0689. The highest BCUT2D eigenvalue weighted by molar-refractivity contribution is 5.90. The molecule has 6 nitrogen and oxygen atoms in total. The van der Waals surface area contributed by atoms with E-state index in [0.717, 1.165) is 25.8 Å². The molecule has 1 heterocycles. The Kier molecular flexibility index (Phi) is 4.88. The molecule has 1 N–H and O–H groups in total. The van der Waals surface area contributed by atoms with Crippen LogP contribution in [0.15, 0.2) is 0 Å². The molecular formula is C10H19N5O. The molecule has 0 saturated heterocycles. The third-order valence-corrected chi connectivity index (χ3v) is 2.42. The predicted molar refractivity (Wildman–Crippen MR) is 59.9 cm³/mol. The van der Waals surface area contributed by atoms with Crippen molar-refractivity contribution in [2.24, 2.45) is 0 Å². The quantitative estimate of drug-likeness (QED) is 0.739. The molecule has 0 aliphatic rings. The van der Waals surface area contributed by atoms with Gasteiger partial charge in [0.15, 0.2) is 0 Å². The average Bonchev–Trinajstić information content (AvgIpc) is 2.76. The van der Waals surface area contributed by atoms with Crippen molar-refractivity contribution in [1.29, 1.82) is 0 Å². The van der Waals surface area contributed by atoms with E-state index in [9.17, 15) is 4.79 Å². The minimum Gasteiger partial charge on any atom is -0.333 e. The molecule has 0 atom stereocenters. The highest BCUT2D eigenvalue weighted by atomic mass is 16.2. The van der Waals surface area contributed by atoms with E-state index < -0.39 is 0 Å². The van der Waals surface area contributed by atoms with Crippen LogP contribution in [0.1, 0.15) is 50.7 Å². The van der Waals surface area contributed by atoms with E-state index in [0.29, 0.717) is 0 Å². The van der Waals surface area contributed by atoms with Crippen molar-refractivity contribution < 1.29 is 4.79 Å². The van der Waals surface area contributed by atoms with Crippen LogP contribution in [-0.4, -0.2) is 44.0 Å². The summed E-state index contributed by atoms with van der Waals surface area (Å²) >= 11 is 0. The Bertz CT molecular complexity index is 309. The van der Waals surface area contributed by atoms with Gasteiger partial charge >= 0.3 is 0 Å². The first kappa shape index (κ1) is 12.6. The molecule has 16 heavy (non-hydrogen) atoms. The molecule has 0 aliphatic heterocycles. The Balaban J connectivity index is 2.59. The zero-order valence-corrected chi connectivity index (χ0v) is 10.1. The van der Waals surface area contributed by atoms with Gasteiger partial charge in [-0.25, -0.2) is 0 Å². The van der Waals surface area contributed by atoms with Gasteiger partial charge in [0.05, 0.1) is 0 Å². The number of rotatable bonds is 6. The number of nitrogens with one attached hydrogen (secondary N) is 1. The summed E-state index contributed by atoms with van der Waals surface area (Å²) in [4.78, 5) is 13.8. The number of carbonyl (C=O) groups excluding carboxylic acids is 1. The molecule has 0 saturated carbocycles. The zero-order valence-electron chi connectivity index (χ0n) is 10.1. The van der Waals surface area contributed by atoms with Crippen LogP contribution in [0.25, 0.3) is 0 Å². The van der Waals surface area contributed by atoms with Crippen molar-refractivity contribution in [3.63, 3.8) is 0 Å². The molecule has 1 rings (SSSR count). The third-order valence-electron chi connectivity index (χ3n) is 2.42. The SMILES string of the molecule is CCCCCN(C(=O)c1nn[nH]n1)C(C)C. The van der Waals surface area contributed by atoms with Gasteiger partial charge in [0, 0.05) is 12.6 Å². The van der Waals surface area contributed by atoms with E-state index >= 15 is 0 Å². The summed E-state index contributed by atoms with van der Waals surface area (Å²) in [5, 5.41) is 13.1. The number of nitrogens with zero attached hydrogens (tertiary/aromatic N) is 4. The minimum atomic E-state index is -0.153. The van der Waals surface area contributed by atoms with Gasteiger partial charge in [-0.1, -0.05) is 19.8 Å². The molecule has 0 aliphatic carbocycles. The second-order valence-corrected chi connectivity index (χ2v) is 4.03. The summed E-state index contributed by atoms with van der Waals surface area (Å²) in [6.45, 7) is 6.87. The highest BCUT2D eigenvalue weighted by Crippen LogP contribution is 2.06. The van der Waals surface area contributed by atoms with E-state index in [-0.39, 0.29) is 17.8 Å². The second-order valence-electron chi connectivity index (χ2n) is 4.03. The number of carbonyl (C=O) groups is 1. The van der Waals surface area contributed by atoms with E-state index in [1.165, 1.54) is 0 Å². The average molecular weight is 225 g/mol. The molecular weight excluding hydrogens is 206 g/mol. The van der Waals surface area contributed by atoms with Crippen molar-refractivity contribution in [3.8, 4) is 0 Å². The normalized spacial score (nSPS) is 10.8. The van der Waals surface area contributed by atoms with Gasteiger partial charge < -0.3 is 4.90 Å². The van der Waals surface area contributed by atoms with Gasteiger partial charge in [0.2, 0.25) is 0 Å². The molecule has 0 aromatic carbocycles. The molecule has 90 valence electrons. The fourth-order valence-electron chi connectivity index (χ4n) is 1.51. The Labute approximate surface area is 95.4 Å². The van der Waals surface area contributed by atoms with Crippen LogP contribution in [0.2, 0.25) is 0 Å². The maximum atomic E-state index is 12.0. The highest BCUT2D eigenvalue weighted by Gasteiger charge is 2.21. The summed E-state index contributed by atoms with van der Waals surface area (Å²) in [7, 11) is 0. The van der Waals surface area contributed by atoms with Crippen LogP contribution in [-0.2, 0) is 0 Å². The molecule has 6 heteroatoms. The maximum absolute atomic E-state index is 12.0. The number of unbranched alkanes of at least 4 members (excludes halogenated alkanes) is 2. The van der Waals surface area contributed by atoms with E-state index in [1.807, 2.05) is 13.8 Å². The third kappa shape index (κ3) is 3.29. The van der Waals surface area contributed by atoms with Crippen LogP contribution in [0.4, 0.5) is 0 Å². The largest absolute Gasteiger partial charge is 0.333 e. The van der Waals surface area contributed by atoms with Gasteiger partial charge in [-0.3, -0.25) is 4.79 Å². The van der Waals surface area contributed by atoms with Gasteiger partial charge in [-0.15, -0.1) is 10.2 Å². The molecule has 0 fully saturated rings. The zero-order chi connectivity index (χ0) is 12.0. The number of hydrogen-bond acceptors (Lipinski definition) is 4. The summed E-state index contributed by atoms with van der Waals surface area (Å²) in [6, 6.07) is 0.155. The molecule has 0 radical (unpaired) electrons. The maximum Gasteiger partial charge on any atom is 0.295 e. The number of tetrazole rings is 1. The van der Waals surface area contributed by atoms with Gasteiger partial charge in [0.25, 0.3) is 11.7 Å². The van der Waals surface area contributed by atoms with Crippen molar-refractivity contribution in [2.45, 2.75) is 46.1 Å². The number of H-pyrrole nitrogens is 1. The molecule has 1 amide bonds. The summed E-state index contributed by atoms with van der Waals surface area (Å²) in [5.41, 5.74) is 0. The molecule has 1 aromatic rings. The molecule has 0 bridgehead atoms. The standard InChI is InChI=1S/C10H19N5O/c1-4-5-6-7-15(8(2)3)10(16)9-11-13-14-12-9/h8H,4-7H2,1-3H3,(H,11,12,13,14). The number of amides is 1. The monoisotopic (exact) mass is 225 g/mol. The fourth-order valence-corrected chi connectivity index (χ4v) is 1.51. The number of aromatic nitrogens is 4. The molecule has 0 unspecified atom stereocenters. The first-order valence-corrected chi connectivity index (χ1v) is 5.71. The summed E-state index contributed by atoms with van der Waals surface area (Å²) in [6.07, 6.45) is 3.28. The van der Waals surface area contributed by atoms with Crippen molar-refractivity contribution in [2.75, 3.05) is 6.54 Å². The first-order chi connectivity index (χ1) is 7.66. The predicted octanol–water partition coefficient (Wildman–Crippen LogP) is 1.24.